The first-order chi connectivity index (χ1) is 5.27. The van der Waals surface area contributed by atoms with Crippen molar-refractivity contribution in [2.24, 2.45) is 0 Å². The number of carbonyl (C=O) groups is 1. The highest BCUT2D eigenvalue weighted by atomic mass is 79.9. The van der Waals surface area contributed by atoms with E-state index >= 15 is 0 Å². The fourth-order valence-corrected chi connectivity index (χ4v) is 1.70. The maximum atomic E-state index is 10.9. The average Bonchev–Trinajstić information content (AvgIpc) is 2.32. The summed E-state index contributed by atoms with van der Waals surface area (Å²) in [5, 5.41) is 0. The standard InChI is InChI=1S/C8H6BrNO/c9-8-7-2-1-6(11)3-5(7)4-10-8/h1-2,4,10H,3H2. The molecular weight excluding hydrogens is 206 g/mol. The zero-order chi connectivity index (χ0) is 7.84. The highest BCUT2D eigenvalue weighted by Crippen LogP contribution is 2.24. The molecule has 0 saturated heterocycles. The molecule has 0 unspecified atom stereocenters. The van der Waals surface area contributed by atoms with Gasteiger partial charge in [-0.25, -0.2) is 0 Å². The van der Waals surface area contributed by atoms with Crippen molar-refractivity contribution in [2.45, 2.75) is 6.42 Å². The van der Waals surface area contributed by atoms with Gasteiger partial charge in [0, 0.05) is 18.2 Å². The van der Waals surface area contributed by atoms with Gasteiger partial charge in [0.1, 0.15) is 0 Å². The van der Waals surface area contributed by atoms with Gasteiger partial charge in [0.15, 0.2) is 5.78 Å². The minimum Gasteiger partial charge on any atom is -0.355 e. The molecule has 1 heterocycles. The molecule has 0 radical (unpaired) electrons. The summed E-state index contributed by atoms with van der Waals surface area (Å²) in [7, 11) is 0. The second-order valence-electron chi connectivity index (χ2n) is 2.52. The van der Waals surface area contributed by atoms with Crippen molar-refractivity contribution in [3.8, 4) is 0 Å². The number of allylic oxidation sites excluding steroid dienone is 1. The Morgan fingerprint density at radius 1 is 1.45 bits per heavy atom. The van der Waals surface area contributed by atoms with E-state index in [1.54, 1.807) is 6.08 Å². The van der Waals surface area contributed by atoms with Gasteiger partial charge < -0.3 is 4.98 Å². The molecule has 1 aliphatic rings. The summed E-state index contributed by atoms with van der Waals surface area (Å²) in [5.74, 6) is 0.170. The maximum Gasteiger partial charge on any atom is 0.160 e. The van der Waals surface area contributed by atoms with E-state index in [0.29, 0.717) is 6.42 Å². The molecule has 0 bridgehead atoms. The number of aromatic amines is 1. The van der Waals surface area contributed by atoms with Crippen LogP contribution in [0.25, 0.3) is 6.08 Å². The van der Waals surface area contributed by atoms with Gasteiger partial charge in [-0.05, 0) is 33.6 Å². The van der Waals surface area contributed by atoms with Gasteiger partial charge in [0.2, 0.25) is 0 Å². The Bertz CT molecular complexity index is 338. The molecule has 1 aliphatic carbocycles. The van der Waals surface area contributed by atoms with Crippen LogP contribution in [0, 0.1) is 0 Å². The molecule has 0 spiro atoms. The third-order valence-electron chi connectivity index (χ3n) is 1.76. The van der Waals surface area contributed by atoms with Crippen molar-refractivity contribution >= 4 is 27.8 Å². The topological polar surface area (TPSA) is 32.9 Å². The number of hydrogen-bond donors (Lipinski definition) is 1. The van der Waals surface area contributed by atoms with Gasteiger partial charge in [0.05, 0.1) is 4.60 Å². The third kappa shape index (κ3) is 1.05. The van der Waals surface area contributed by atoms with Gasteiger partial charge in [-0.2, -0.15) is 0 Å². The van der Waals surface area contributed by atoms with Crippen molar-refractivity contribution in [2.75, 3.05) is 0 Å². The lowest BCUT2D eigenvalue weighted by molar-refractivity contribution is -0.114. The first-order valence-corrected chi connectivity index (χ1v) is 4.13. The van der Waals surface area contributed by atoms with E-state index in [1.807, 2.05) is 12.3 Å². The Balaban J connectivity index is 2.56. The zero-order valence-corrected chi connectivity index (χ0v) is 7.31. The van der Waals surface area contributed by atoms with Gasteiger partial charge in [-0.3, -0.25) is 4.79 Å². The zero-order valence-electron chi connectivity index (χ0n) is 5.73. The van der Waals surface area contributed by atoms with Crippen LogP contribution in [0.5, 0.6) is 0 Å². The summed E-state index contributed by atoms with van der Waals surface area (Å²) in [6, 6.07) is 0. The van der Waals surface area contributed by atoms with Crippen LogP contribution in [0.2, 0.25) is 0 Å². The lowest BCUT2D eigenvalue weighted by Crippen LogP contribution is -2.02. The molecule has 1 aromatic heterocycles. The molecule has 1 N–H and O–H groups in total. The van der Waals surface area contributed by atoms with Gasteiger partial charge in [-0.1, -0.05) is 0 Å². The number of halogens is 1. The fourth-order valence-electron chi connectivity index (χ4n) is 1.20. The van der Waals surface area contributed by atoms with Gasteiger partial charge >= 0.3 is 0 Å². The van der Waals surface area contributed by atoms with E-state index in [1.165, 1.54) is 0 Å². The summed E-state index contributed by atoms with van der Waals surface area (Å²) < 4.78 is 0.955. The van der Waals surface area contributed by atoms with E-state index in [9.17, 15) is 4.79 Å². The minimum absolute atomic E-state index is 0.170. The normalized spacial score (nSPS) is 15.2. The largest absolute Gasteiger partial charge is 0.355 e. The van der Waals surface area contributed by atoms with Crippen molar-refractivity contribution in [1.82, 2.24) is 4.98 Å². The molecule has 3 heteroatoms. The van der Waals surface area contributed by atoms with Crippen molar-refractivity contribution in [3.63, 3.8) is 0 Å². The summed E-state index contributed by atoms with van der Waals surface area (Å²) in [4.78, 5) is 13.9. The number of nitrogens with one attached hydrogen (secondary N) is 1. The van der Waals surface area contributed by atoms with E-state index in [2.05, 4.69) is 20.9 Å². The van der Waals surface area contributed by atoms with Crippen molar-refractivity contribution in [3.05, 3.63) is 28.0 Å². The van der Waals surface area contributed by atoms with Crippen LogP contribution < -0.4 is 0 Å². The van der Waals surface area contributed by atoms with Gasteiger partial charge in [0.25, 0.3) is 0 Å². The van der Waals surface area contributed by atoms with Gasteiger partial charge in [-0.15, -0.1) is 0 Å². The molecule has 56 valence electrons. The van der Waals surface area contributed by atoms with Crippen LogP contribution in [0.3, 0.4) is 0 Å². The first kappa shape index (κ1) is 6.85. The SMILES string of the molecule is O=C1C=Cc2c(c[nH]c2Br)C1. The molecule has 1 aromatic rings. The number of rotatable bonds is 0. The Kier molecular flexibility index (Phi) is 1.46. The molecule has 0 atom stereocenters. The molecule has 11 heavy (non-hydrogen) atoms. The second-order valence-corrected chi connectivity index (χ2v) is 3.31. The molecule has 2 nitrogen and oxygen atoms in total. The quantitative estimate of drug-likeness (QED) is 0.700. The average molecular weight is 212 g/mol. The fraction of sp³-hybridized carbons (Fsp3) is 0.125. The summed E-state index contributed by atoms with van der Waals surface area (Å²) >= 11 is 3.35. The molecule has 0 aromatic carbocycles. The van der Waals surface area contributed by atoms with Crippen LogP contribution in [-0.2, 0) is 11.2 Å². The third-order valence-corrected chi connectivity index (χ3v) is 2.41. The second kappa shape index (κ2) is 2.34. The predicted octanol–water partition coefficient (Wildman–Crippen LogP) is 1.92. The first-order valence-electron chi connectivity index (χ1n) is 3.34. The summed E-state index contributed by atoms with van der Waals surface area (Å²) in [6.07, 6.45) is 5.83. The lowest BCUT2D eigenvalue weighted by atomic mass is 10.0. The Labute approximate surface area is 72.4 Å². The molecular formula is C8H6BrNO. The van der Waals surface area contributed by atoms with Crippen LogP contribution >= 0.6 is 15.9 Å². The predicted molar refractivity (Wildman–Crippen MR) is 46.2 cm³/mol. The van der Waals surface area contributed by atoms with Crippen LogP contribution in [0.1, 0.15) is 11.1 Å². The number of H-pyrrole nitrogens is 1. The van der Waals surface area contributed by atoms with Crippen molar-refractivity contribution < 1.29 is 4.79 Å². The number of fused-ring (bicyclic) bond motifs is 1. The maximum absolute atomic E-state index is 10.9. The van der Waals surface area contributed by atoms with E-state index in [4.69, 9.17) is 0 Å². The van der Waals surface area contributed by atoms with E-state index in [0.717, 1.165) is 15.7 Å². The Morgan fingerprint density at radius 3 is 3.09 bits per heavy atom. The highest BCUT2D eigenvalue weighted by molar-refractivity contribution is 9.10. The smallest absolute Gasteiger partial charge is 0.160 e. The molecule has 2 rings (SSSR count). The number of carbonyl (C=O) groups excluding carboxylic acids is 1. The lowest BCUT2D eigenvalue weighted by Gasteiger charge is -2.02. The van der Waals surface area contributed by atoms with Crippen molar-refractivity contribution in [1.29, 1.82) is 0 Å². The monoisotopic (exact) mass is 211 g/mol. The molecule has 0 amide bonds. The molecule has 0 fully saturated rings. The minimum atomic E-state index is 0.170. The number of hydrogen-bond acceptors (Lipinski definition) is 1. The van der Waals surface area contributed by atoms with E-state index < -0.39 is 0 Å². The molecule has 0 aliphatic heterocycles. The Hall–Kier alpha value is -0.830. The van der Waals surface area contributed by atoms with Crippen LogP contribution in [0.15, 0.2) is 16.9 Å². The van der Waals surface area contributed by atoms with E-state index in [-0.39, 0.29) is 5.78 Å². The highest BCUT2D eigenvalue weighted by Gasteiger charge is 2.13. The number of aromatic nitrogens is 1. The van der Waals surface area contributed by atoms with Crippen LogP contribution in [0.4, 0.5) is 0 Å². The number of ketones is 1. The van der Waals surface area contributed by atoms with Crippen LogP contribution in [-0.4, -0.2) is 10.8 Å². The summed E-state index contributed by atoms with van der Waals surface area (Å²) in [6.45, 7) is 0. The molecule has 0 saturated carbocycles. The Morgan fingerprint density at radius 2 is 2.27 bits per heavy atom. The summed E-state index contributed by atoms with van der Waals surface area (Å²) in [5.41, 5.74) is 2.17.